The van der Waals surface area contributed by atoms with Crippen molar-refractivity contribution in [1.82, 2.24) is 9.97 Å². The standard InChI is InChI=1S/C36H26N4/c1-5-13-33-25(9-1)17-26-10-2-6-14-34(26)39(33)31-19-29(21-37-23-31)30-20-32(24-38-22-30)40-35-15-7-3-11-27(35)18-28-12-4-8-16-36(28)40/h1-16,19-24H,17-18H2. The highest BCUT2D eigenvalue weighted by molar-refractivity contribution is 5.87. The van der Waals surface area contributed by atoms with Crippen LogP contribution in [0.3, 0.4) is 0 Å². The molecule has 0 amide bonds. The quantitative estimate of drug-likeness (QED) is 0.236. The van der Waals surface area contributed by atoms with Crippen molar-refractivity contribution in [1.29, 1.82) is 0 Å². The Morgan fingerprint density at radius 1 is 0.400 bits per heavy atom. The summed E-state index contributed by atoms with van der Waals surface area (Å²) in [5, 5.41) is 0. The predicted molar refractivity (Wildman–Crippen MR) is 162 cm³/mol. The number of hydrogen-bond acceptors (Lipinski definition) is 4. The monoisotopic (exact) mass is 514 g/mol. The Morgan fingerprint density at radius 3 is 1.07 bits per heavy atom. The highest BCUT2D eigenvalue weighted by Gasteiger charge is 2.25. The molecule has 2 aliphatic rings. The van der Waals surface area contributed by atoms with Crippen molar-refractivity contribution < 1.29 is 0 Å². The van der Waals surface area contributed by atoms with Gasteiger partial charge in [-0.1, -0.05) is 72.8 Å². The molecule has 4 heterocycles. The summed E-state index contributed by atoms with van der Waals surface area (Å²) in [6.07, 6.45) is 9.64. The van der Waals surface area contributed by atoms with E-state index in [1.54, 1.807) is 0 Å². The maximum absolute atomic E-state index is 4.71. The van der Waals surface area contributed by atoms with Gasteiger partial charge >= 0.3 is 0 Å². The Hall–Kier alpha value is -5.22. The second kappa shape index (κ2) is 9.21. The van der Waals surface area contributed by atoms with Crippen LogP contribution in [-0.4, -0.2) is 9.97 Å². The van der Waals surface area contributed by atoms with E-state index in [1.807, 2.05) is 24.8 Å². The average Bonchev–Trinajstić information content (AvgIpc) is 3.02. The van der Waals surface area contributed by atoms with Gasteiger partial charge in [0.25, 0.3) is 0 Å². The van der Waals surface area contributed by atoms with Crippen molar-refractivity contribution in [2.24, 2.45) is 0 Å². The van der Waals surface area contributed by atoms with Gasteiger partial charge in [-0.2, -0.15) is 0 Å². The first-order chi connectivity index (χ1) is 19.8. The summed E-state index contributed by atoms with van der Waals surface area (Å²) in [5.74, 6) is 0. The summed E-state index contributed by atoms with van der Waals surface area (Å²) >= 11 is 0. The van der Waals surface area contributed by atoms with Crippen LogP contribution in [-0.2, 0) is 12.8 Å². The molecule has 8 rings (SSSR count). The minimum atomic E-state index is 0.931. The van der Waals surface area contributed by atoms with Gasteiger partial charge in [0.05, 0.1) is 23.8 Å². The van der Waals surface area contributed by atoms with Crippen molar-refractivity contribution in [2.45, 2.75) is 12.8 Å². The molecule has 0 saturated carbocycles. The molecule has 0 radical (unpaired) electrons. The van der Waals surface area contributed by atoms with Crippen LogP contribution in [0.4, 0.5) is 34.1 Å². The number of fused-ring (bicyclic) bond motifs is 4. The molecule has 0 fully saturated rings. The molecule has 4 aromatic carbocycles. The van der Waals surface area contributed by atoms with Crippen LogP contribution in [0, 0.1) is 0 Å². The van der Waals surface area contributed by atoms with Crippen LogP contribution >= 0.6 is 0 Å². The summed E-state index contributed by atoms with van der Waals surface area (Å²) < 4.78 is 0. The van der Waals surface area contributed by atoms with Gasteiger partial charge in [0, 0.05) is 59.1 Å². The van der Waals surface area contributed by atoms with E-state index in [4.69, 9.17) is 9.97 Å². The van der Waals surface area contributed by atoms with E-state index < -0.39 is 0 Å². The number of para-hydroxylation sites is 4. The Balaban J connectivity index is 1.24. The first kappa shape index (κ1) is 22.7. The zero-order valence-electron chi connectivity index (χ0n) is 21.9. The highest BCUT2D eigenvalue weighted by atomic mass is 15.2. The molecule has 0 unspecified atom stereocenters. The molecule has 2 aliphatic heterocycles. The number of benzene rings is 4. The van der Waals surface area contributed by atoms with E-state index in [1.165, 1.54) is 45.0 Å². The zero-order chi connectivity index (χ0) is 26.5. The van der Waals surface area contributed by atoms with Gasteiger partial charge in [0.1, 0.15) is 0 Å². The maximum atomic E-state index is 4.71. The number of anilines is 6. The van der Waals surface area contributed by atoms with Crippen LogP contribution < -0.4 is 9.80 Å². The van der Waals surface area contributed by atoms with Crippen molar-refractivity contribution in [3.05, 3.63) is 156 Å². The number of hydrogen-bond donors (Lipinski definition) is 0. The van der Waals surface area contributed by atoms with Crippen molar-refractivity contribution in [2.75, 3.05) is 9.80 Å². The van der Waals surface area contributed by atoms with E-state index in [2.05, 4.69) is 119 Å². The smallest absolute Gasteiger partial charge is 0.0651 e. The van der Waals surface area contributed by atoms with Crippen LogP contribution in [0.25, 0.3) is 11.1 Å². The lowest BCUT2D eigenvalue weighted by molar-refractivity contribution is 1.08. The lowest BCUT2D eigenvalue weighted by Crippen LogP contribution is -2.19. The largest absolute Gasteiger partial charge is 0.308 e. The Bertz CT molecular complexity index is 1660. The maximum Gasteiger partial charge on any atom is 0.0651 e. The molecule has 0 aliphatic carbocycles. The molecule has 4 heteroatoms. The van der Waals surface area contributed by atoms with Crippen molar-refractivity contribution >= 4 is 34.1 Å². The summed E-state index contributed by atoms with van der Waals surface area (Å²) in [6, 6.07) is 39.0. The SMILES string of the molecule is c1ccc2c(c1)Cc1ccccc1N2c1cncc(-c2cncc(N3c4ccccc4Cc4ccccc43)c2)c1. The molecular weight excluding hydrogens is 488 g/mol. The van der Waals surface area contributed by atoms with Gasteiger partial charge in [0.15, 0.2) is 0 Å². The number of rotatable bonds is 3. The molecule has 0 bridgehead atoms. The van der Waals surface area contributed by atoms with Gasteiger partial charge in [-0.15, -0.1) is 0 Å². The van der Waals surface area contributed by atoms with Gasteiger partial charge in [-0.25, -0.2) is 0 Å². The second-order valence-electron chi connectivity index (χ2n) is 10.4. The van der Waals surface area contributed by atoms with Gasteiger partial charge < -0.3 is 9.80 Å². The van der Waals surface area contributed by atoms with E-state index >= 15 is 0 Å². The third-order valence-electron chi connectivity index (χ3n) is 7.99. The van der Waals surface area contributed by atoms with Crippen LogP contribution in [0.1, 0.15) is 22.3 Å². The molecule has 190 valence electrons. The summed E-state index contributed by atoms with van der Waals surface area (Å²) in [7, 11) is 0. The van der Waals surface area contributed by atoms with Crippen LogP contribution in [0.5, 0.6) is 0 Å². The van der Waals surface area contributed by atoms with E-state index in [-0.39, 0.29) is 0 Å². The van der Waals surface area contributed by atoms with E-state index in [0.29, 0.717) is 0 Å². The summed E-state index contributed by atoms with van der Waals surface area (Å²) in [4.78, 5) is 14.1. The topological polar surface area (TPSA) is 32.3 Å². The van der Waals surface area contributed by atoms with Crippen LogP contribution in [0.15, 0.2) is 134 Å². The molecule has 2 aromatic heterocycles. The molecule has 0 atom stereocenters. The molecule has 6 aromatic rings. The van der Waals surface area contributed by atoms with Crippen molar-refractivity contribution in [3.8, 4) is 11.1 Å². The minimum Gasteiger partial charge on any atom is -0.308 e. The Kier molecular flexibility index (Phi) is 5.23. The normalized spacial score (nSPS) is 13.2. The number of nitrogens with zero attached hydrogens (tertiary/aromatic N) is 4. The van der Waals surface area contributed by atoms with Crippen LogP contribution in [0.2, 0.25) is 0 Å². The van der Waals surface area contributed by atoms with Gasteiger partial charge in [0.2, 0.25) is 0 Å². The fourth-order valence-electron chi connectivity index (χ4n) is 6.16. The van der Waals surface area contributed by atoms with Gasteiger partial charge in [-0.3, -0.25) is 9.97 Å². The van der Waals surface area contributed by atoms with E-state index in [0.717, 1.165) is 35.3 Å². The Labute approximate surface area is 233 Å². The fourth-order valence-corrected chi connectivity index (χ4v) is 6.16. The average molecular weight is 515 g/mol. The predicted octanol–water partition coefficient (Wildman–Crippen LogP) is 8.89. The lowest BCUT2D eigenvalue weighted by Gasteiger charge is -2.34. The first-order valence-corrected chi connectivity index (χ1v) is 13.7. The highest BCUT2D eigenvalue weighted by Crippen LogP contribution is 2.46. The second-order valence-corrected chi connectivity index (χ2v) is 10.4. The summed E-state index contributed by atoms with van der Waals surface area (Å²) in [5.41, 5.74) is 14.2. The molecule has 4 nitrogen and oxygen atoms in total. The summed E-state index contributed by atoms with van der Waals surface area (Å²) in [6.45, 7) is 0. The molecular formula is C36H26N4. The third kappa shape index (κ3) is 3.69. The zero-order valence-corrected chi connectivity index (χ0v) is 21.9. The number of aromatic nitrogens is 2. The lowest BCUT2D eigenvalue weighted by atomic mass is 9.94. The first-order valence-electron chi connectivity index (χ1n) is 13.7. The van der Waals surface area contributed by atoms with Gasteiger partial charge in [-0.05, 0) is 58.7 Å². The van der Waals surface area contributed by atoms with Crippen molar-refractivity contribution in [3.63, 3.8) is 0 Å². The third-order valence-corrected chi connectivity index (χ3v) is 7.99. The minimum absolute atomic E-state index is 0.931. The molecule has 40 heavy (non-hydrogen) atoms. The fraction of sp³-hybridized carbons (Fsp3) is 0.0556. The Morgan fingerprint density at radius 2 is 0.725 bits per heavy atom. The molecule has 0 saturated heterocycles. The molecule has 0 spiro atoms. The van der Waals surface area contributed by atoms with E-state index in [9.17, 15) is 0 Å². The molecule has 0 N–H and O–H groups in total. The number of pyridine rings is 2.